The molecule has 1 aromatic carbocycles. The van der Waals surface area contributed by atoms with Crippen LogP contribution < -0.4 is 0 Å². The lowest BCUT2D eigenvalue weighted by Gasteiger charge is -2.30. The van der Waals surface area contributed by atoms with Crippen molar-refractivity contribution in [1.82, 2.24) is 9.88 Å². The predicted molar refractivity (Wildman–Crippen MR) is 99.6 cm³/mol. The van der Waals surface area contributed by atoms with E-state index in [1.54, 1.807) is 11.3 Å². The molecule has 0 radical (unpaired) electrons. The standard InChI is InChI=1S/C18H20N2O3S2/c1-23-17(22)14-7-9-20(10-8-14)16(21)12-25-18-19-15(11-24-18)13-5-3-2-4-6-13/h2-6,11,14H,7-10,12H2,1H3. The molecule has 2 heterocycles. The van der Waals surface area contributed by atoms with Gasteiger partial charge in [0, 0.05) is 24.0 Å². The molecule has 25 heavy (non-hydrogen) atoms. The number of hydrogen-bond acceptors (Lipinski definition) is 6. The van der Waals surface area contributed by atoms with Crippen LogP contribution >= 0.6 is 23.1 Å². The van der Waals surface area contributed by atoms with Gasteiger partial charge in [0.25, 0.3) is 0 Å². The lowest BCUT2D eigenvalue weighted by Crippen LogP contribution is -2.41. The van der Waals surface area contributed by atoms with Crippen molar-refractivity contribution in [2.45, 2.75) is 17.2 Å². The molecule has 3 rings (SSSR count). The Hall–Kier alpha value is -1.86. The monoisotopic (exact) mass is 376 g/mol. The molecule has 1 aromatic heterocycles. The molecule has 1 fully saturated rings. The second-order valence-electron chi connectivity index (χ2n) is 5.83. The lowest BCUT2D eigenvalue weighted by molar-refractivity contribution is -0.148. The predicted octanol–water partition coefficient (Wildman–Crippen LogP) is 3.31. The zero-order valence-corrected chi connectivity index (χ0v) is 15.6. The quantitative estimate of drug-likeness (QED) is 0.592. The number of likely N-dealkylation sites (tertiary alicyclic amines) is 1. The molecule has 1 aliphatic heterocycles. The zero-order valence-electron chi connectivity index (χ0n) is 14.0. The van der Waals surface area contributed by atoms with Gasteiger partial charge in [0.05, 0.1) is 24.5 Å². The smallest absolute Gasteiger partial charge is 0.308 e. The lowest BCUT2D eigenvalue weighted by atomic mass is 9.97. The SMILES string of the molecule is COC(=O)C1CCN(C(=O)CSc2nc(-c3ccccc3)cs2)CC1. The van der Waals surface area contributed by atoms with Crippen molar-refractivity contribution in [2.75, 3.05) is 26.0 Å². The summed E-state index contributed by atoms with van der Waals surface area (Å²) < 4.78 is 5.68. The number of ether oxygens (including phenoxy) is 1. The number of thioether (sulfide) groups is 1. The van der Waals surface area contributed by atoms with Crippen LogP contribution in [0.3, 0.4) is 0 Å². The van der Waals surface area contributed by atoms with E-state index >= 15 is 0 Å². The molecule has 1 amide bonds. The Kier molecular flexibility index (Phi) is 6.09. The molecule has 0 atom stereocenters. The number of rotatable bonds is 5. The summed E-state index contributed by atoms with van der Waals surface area (Å²) in [5, 5.41) is 2.02. The molecule has 0 aliphatic carbocycles. The van der Waals surface area contributed by atoms with Crippen LogP contribution in [0.4, 0.5) is 0 Å². The third kappa shape index (κ3) is 4.61. The molecular formula is C18H20N2O3S2. The third-order valence-electron chi connectivity index (χ3n) is 4.25. The minimum absolute atomic E-state index is 0.0749. The summed E-state index contributed by atoms with van der Waals surface area (Å²) >= 11 is 3.03. The summed E-state index contributed by atoms with van der Waals surface area (Å²) in [6, 6.07) is 10.0. The molecule has 0 saturated carbocycles. The van der Waals surface area contributed by atoms with E-state index in [9.17, 15) is 9.59 Å². The number of thiazole rings is 1. The van der Waals surface area contributed by atoms with Gasteiger partial charge in [-0.3, -0.25) is 9.59 Å². The normalized spacial score (nSPS) is 15.2. The fourth-order valence-corrected chi connectivity index (χ4v) is 4.55. The molecular weight excluding hydrogens is 356 g/mol. The van der Waals surface area contributed by atoms with Gasteiger partial charge >= 0.3 is 5.97 Å². The van der Waals surface area contributed by atoms with Gasteiger partial charge in [0.1, 0.15) is 0 Å². The molecule has 0 N–H and O–H groups in total. The van der Waals surface area contributed by atoms with Crippen molar-refractivity contribution in [2.24, 2.45) is 5.92 Å². The fraction of sp³-hybridized carbons (Fsp3) is 0.389. The summed E-state index contributed by atoms with van der Waals surface area (Å²) in [4.78, 5) is 30.3. The highest BCUT2D eigenvalue weighted by molar-refractivity contribution is 8.01. The molecule has 1 aliphatic rings. The van der Waals surface area contributed by atoms with Crippen molar-refractivity contribution in [3.63, 3.8) is 0 Å². The summed E-state index contributed by atoms with van der Waals surface area (Å²) in [5.74, 6) is 0.238. The summed E-state index contributed by atoms with van der Waals surface area (Å²) in [5.41, 5.74) is 2.03. The van der Waals surface area contributed by atoms with Gasteiger partial charge in [0.15, 0.2) is 4.34 Å². The maximum Gasteiger partial charge on any atom is 0.308 e. The Balaban J connectivity index is 1.49. The van der Waals surface area contributed by atoms with Gasteiger partial charge in [-0.05, 0) is 12.8 Å². The van der Waals surface area contributed by atoms with Gasteiger partial charge in [-0.1, -0.05) is 42.1 Å². The first-order chi connectivity index (χ1) is 12.2. The summed E-state index contributed by atoms with van der Waals surface area (Å²) in [7, 11) is 1.41. The van der Waals surface area contributed by atoms with E-state index in [-0.39, 0.29) is 17.8 Å². The Morgan fingerprint density at radius 1 is 1.28 bits per heavy atom. The second-order valence-corrected chi connectivity index (χ2v) is 7.91. The molecule has 2 aromatic rings. The maximum atomic E-state index is 12.4. The van der Waals surface area contributed by atoms with Crippen LogP contribution in [0, 0.1) is 5.92 Å². The number of aromatic nitrogens is 1. The van der Waals surface area contributed by atoms with Crippen LogP contribution in [-0.4, -0.2) is 47.7 Å². The van der Waals surface area contributed by atoms with E-state index in [0.29, 0.717) is 31.7 Å². The Bertz CT molecular complexity index is 725. The van der Waals surface area contributed by atoms with Gasteiger partial charge in [0.2, 0.25) is 5.91 Å². The van der Waals surface area contributed by atoms with Crippen LogP contribution in [0.2, 0.25) is 0 Å². The first kappa shape index (κ1) is 17.9. The van der Waals surface area contributed by atoms with Crippen LogP contribution in [0.25, 0.3) is 11.3 Å². The van der Waals surface area contributed by atoms with E-state index in [1.165, 1.54) is 18.9 Å². The summed E-state index contributed by atoms with van der Waals surface area (Å²) in [6.07, 6.45) is 1.36. The number of nitrogens with zero attached hydrogens (tertiary/aromatic N) is 2. The highest BCUT2D eigenvalue weighted by Gasteiger charge is 2.27. The van der Waals surface area contributed by atoms with Crippen LogP contribution in [0.1, 0.15) is 12.8 Å². The van der Waals surface area contributed by atoms with Crippen molar-refractivity contribution < 1.29 is 14.3 Å². The number of carbonyl (C=O) groups is 2. The molecule has 1 saturated heterocycles. The first-order valence-electron chi connectivity index (χ1n) is 8.16. The Morgan fingerprint density at radius 2 is 2.00 bits per heavy atom. The molecule has 0 bridgehead atoms. The highest BCUT2D eigenvalue weighted by atomic mass is 32.2. The topological polar surface area (TPSA) is 59.5 Å². The number of methoxy groups -OCH3 is 1. The zero-order chi connectivity index (χ0) is 17.6. The second kappa shape index (κ2) is 8.49. The third-order valence-corrected chi connectivity index (χ3v) is 6.26. The van der Waals surface area contributed by atoms with Crippen molar-refractivity contribution in [1.29, 1.82) is 0 Å². The average Bonchev–Trinajstić information content (AvgIpc) is 3.15. The van der Waals surface area contributed by atoms with E-state index < -0.39 is 0 Å². The van der Waals surface area contributed by atoms with Crippen molar-refractivity contribution in [3.8, 4) is 11.3 Å². The number of hydrogen-bond donors (Lipinski definition) is 0. The van der Waals surface area contributed by atoms with Gasteiger partial charge in [-0.2, -0.15) is 0 Å². The van der Waals surface area contributed by atoms with Crippen LogP contribution in [-0.2, 0) is 14.3 Å². The molecule has 7 heteroatoms. The minimum Gasteiger partial charge on any atom is -0.469 e. The fourth-order valence-electron chi connectivity index (χ4n) is 2.81. The number of carbonyl (C=O) groups excluding carboxylic acids is 2. The minimum atomic E-state index is -0.169. The number of amides is 1. The van der Waals surface area contributed by atoms with Gasteiger partial charge in [-0.15, -0.1) is 11.3 Å². The Morgan fingerprint density at radius 3 is 2.68 bits per heavy atom. The Labute approximate surface area is 155 Å². The number of piperidine rings is 1. The van der Waals surface area contributed by atoms with Crippen LogP contribution in [0.5, 0.6) is 0 Å². The number of benzene rings is 1. The van der Waals surface area contributed by atoms with Gasteiger partial charge < -0.3 is 9.64 Å². The first-order valence-corrected chi connectivity index (χ1v) is 10.0. The van der Waals surface area contributed by atoms with E-state index in [1.807, 2.05) is 40.6 Å². The molecule has 5 nitrogen and oxygen atoms in total. The number of esters is 1. The van der Waals surface area contributed by atoms with Crippen molar-refractivity contribution in [3.05, 3.63) is 35.7 Å². The molecule has 0 unspecified atom stereocenters. The van der Waals surface area contributed by atoms with Crippen LogP contribution in [0.15, 0.2) is 40.1 Å². The van der Waals surface area contributed by atoms with E-state index in [0.717, 1.165) is 15.6 Å². The maximum absolute atomic E-state index is 12.4. The van der Waals surface area contributed by atoms with E-state index in [2.05, 4.69) is 4.98 Å². The average molecular weight is 377 g/mol. The van der Waals surface area contributed by atoms with Crippen molar-refractivity contribution >= 4 is 35.0 Å². The molecule has 0 spiro atoms. The largest absolute Gasteiger partial charge is 0.469 e. The highest BCUT2D eigenvalue weighted by Crippen LogP contribution is 2.28. The van der Waals surface area contributed by atoms with E-state index in [4.69, 9.17) is 4.74 Å². The molecule has 132 valence electrons. The summed E-state index contributed by atoms with van der Waals surface area (Å²) in [6.45, 7) is 1.23. The van der Waals surface area contributed by atoms with Gasteiger partial charge in [-0.25, -0.2) is 4.98 Å².